The van der Waals surface area contributed by atoms with Crippen molar-refractivity contribution in [1.82, 2.24) is 24.8 Å². The number of nitrogens with one attached hydrogen (secondary N) is 2. The Morgan fingerprint density at radius 2 is 1.97 bits per heavy atom. The van der Waals surface area contributed by atoms with E-state index < -0.39 is 18.6 Å². The van der Waals surface area contributed by atoms with Gasteiger partial charge >= 0.3 is 0 Å². The standard InChI is InChI=1S/C25H31FN8O3S/c1-13(33-12-28-21-20(33)23(36)32(3)25(37)31(21)2)22(35)30-24-29-18(11-38-24)14-4-7-19(17(26)8-14)34-15-5-6-16(34)10-27-9-15/h4,7-8,11-13,15-16,23,25,27,36-37H,5-6,9-10H2,1-3H3,(H,29,30,35)/t13-,15-,16-,23-,25-/m0/s1. The molecular weight excluding hydrogens is 511 g/mol. The first-order valence-corrected chi connectivity index (χ1v) is 13.6. The summed E-state index contributed by atoms with van der Waals surface area (Å²) in [5.74, 6) is -0.207. The van der Waals surface area contributed by atoms with Crippen LogP contribution < -0.4 is 20.4 Å². The first kappa shape index (κ1) is 25.2. The van der Waals surface area contributed by atoms with Gasteiger partial charge in [0.25, 0.3) is 0 Å². The van der Waals surface area contributed by atoms with Crippen LogP contribution in [0.5, 0.6) is 0 Å². The van der Waals surface area contributed by atoms with E-state index in [0.717, 1.165) is 25.9 Å². The van der Waals surface area contributed by atoms with E-state index in [-0.39, 0.29) is 11.7 Å². The van der Waals surface area contributed by atoms with Gasteiger partial charge in [-0.25, -0.2) is 19.3 Å². The van der Waals surface area contributed by atoms with Gasteiger partial charge in [-0.2, -0.15) is 0 Å². The van der Waals surface area contributed by atoms with Gasteiger partial charge in [-0.15, -0.1) is 11.3 Å². The molecule has 38 heavy (non-hydrogen) atoms. The number of halogens is 1. The Hall–Kier alpha value is -3.10. The lowest BCUT2D eigenvalue weighted by Gasteiger charge is -2.40. The Labute approximate surface area is 223 Å². The van der Waals surface area contributed by atoms with Crippen molar-refractivity contribution >= 4 is 33.9 Å². The van der Waals surface area contributed by atoms with Gasteiger partial charge in [0.05, 0.1) is 17.7 Å². The van der Waals surface area contributed by atoms with Crippen LogP contribution >= 0.6 is 11.3 Å². The van der Waals surface area contributed by atoms with Crippen molar-refractivity contribution in [1.29, 1.82) is 0 Å². The normalized spacial score (nSPS) is 25.9. The van der Waals surface area contributed by atoms with Crippen LogP contribution in [0.4, 0.5) is 21.0 Å². The SMILES string of the molecule is C[C@@H](C(=O)Nc1nc(-c2ccc(N3[C@H]4CC[C@H]3CNC4)c(F)c2)cs1)n1cnc2c1[C@H](O)N(C)[C@@H](O)N2C. The second-order valence-electron chi connectivity index (χ2n) is 10.2. The monoisotopic (exact) mass is 542 g/mol. The van der Waals surface area contributed by atoms with Crippen molar-refractivity contribution in [3.63, 3.8) is 0 Å². The summed E-state index contributed by atoms with van der Waals surface area (Å²) in [4.78, 5) is 27.0. The maximum Gasteiger partial charge on any atom is 0.248 e. The maximum atomic E-state index is 15.2. The van der Waals surface area contributed by atoms with E-state index in [4.69, 9.17) is 0 Å². The minimum absolute atomic E-state index is 0.267. The molecule has 11 nitrogen and oxygen atoms in total. The van der Waals surface area contributed by atoms with Gasteiger partial charge in [0, 0.05) is 43.2 Å². The average Bonchev–Trinajstić information content (AvgIpc) is 3.62. The van der Waals surface area contributed by atoms with E-state index in [2.05, 4.69) is 25.5 Å². The molecule has 1 amide bonds. The molecule has 0 spiro atoms. The molecule has 0 radical (unpaired) electrons. The second kappa shape index (κ2) is 9.58. The van der Waals surface area contributed by atoms with Crippen molar-refractivity contribution in [3.8, 4) is 11.3 Å². The number of amides is 1. The number of nitrogens with zero attached hydrogens (tertiary/aromatic N) is 6. The minimum atomic E-state index is -1.13. The Kier molecular flexibility index (Phi) is 6.35. The topological polar surface area (TPSA) is 122 Å². The number of piperazine rings is 1. The van der Waals surface area contributed by atoms with Crippen molar-refractivity contribution in [3.05, 3.63) is 41.4 Å². The highest BCUT2D eigenvalue weighted by molar-refractivity contribution is 7.14. The predicted octanol–water partition coefficient (Wildman–Crippen LogP) is 1.93. The molecule has 2 aromatic heterocycles. The largest absolute Gasteiger partial charge is 0.372 e. The molecule has 2 fully saturated rings. The molecule has 6 rings (SSSR count). The van der Waals surface area contributed by atoms with Crippen LogP contribution in [-0.2, 0) is 4.79 Å². The summed E-state index contributed by atoms with van der Waals surface area (Å²) in [6, 6.07) is 5.16. The van der Waals surface area contributed by atoms with Crippen LogP contribution in [0.25, 0.3) is 11.3 Å². The van der Waals surface area contributed by atoms with E-state index in [1.54, 1.807) is 31.0 Å². The van der Waals surface area contributed by atoms with Crippen molar-refractivity contribution in [2.75, 3.05) is 42.3 Å². The van der Waals surface area contributed by atoms with Crippen molar-refractivity contribution in [2.24, 2.45) is 0 Å². The zero-order valence-electron chi connectivity index (χ0n) is 21.4. The lowest BCUT2D eigenvalue weighted by molar-refractivity contribution is -0.119. The average molecular weight is 543 g/mol. The number of carbonyl (C=O) groups excluding carboxylic acids is 1. The fourth-order valence-electron chi connectivity index (χ4n) is 5.74. The van der Waals surface area contributed by atoms with Crippen LogP contribution in [0.1, 0.15) is 37.7 Å². The summed E-state index contributed by atoms with van der Waals surface area (Å²) in [7, 11) is 3.24. The fraction of sp³-hybridized carbons (Fsp3) is 0.480. The molecule has 0 unspecified atom stereocenters. The number of anilines is 3. The van der Waals surface area contributed by atoms with E-state index in [1.807, 2.05) is 12.1 Å². The van der Waals surface area contributed by atoms with Crippen LogP contribution in [0.2, 0.25) is 0 Å². The van der Waals surface area contributed by atoms with Crippen LogP contribution in [0.3, 0.4) is 0 Å². The van der Waals surface area contributed by atoms with E-state index in [1.165, 1.54) is 33.5 Å². The third-order valence-corrected chi connectivity index (χ3v) is 8.68. The highest BCUT2D eigenvalue weighted by atomic mass is 32.1. The van der Waals surface area contributed by atoms with Crippen molar-refractivity contribution in [2.45, 2.75) is 50.5 Å². The zero-order chi connectivity index (χ0) is 26.7. The molecule has 13 heteroatoms. The van der Waals surface area contributed by atoms with Gasteiger partial charge in [-0.1, -0.05) is 6.07 Å². The first-order valence-electron chi connectivity index (χ1n) is 12.7. The maximum absolute atomic E-state index is 15.2. The Morgan fingerprint density at radius 3 is 2.68 bits per heavy atom. The van der Waals surface area contributed by atoms with Gasteiger partial charge < -0.3 is 35.2 Å². The molecule has 4 N–H and O–H groups in total. The molecule has 5 atom stereocenters. The van der Waals surface area contributed by atoms with Crippen molar-refractivity contribution < 1.29 is 19.4 Å². The van der Waals surface area contributed by atoms with Gasteiger partial charge in [-0.3, -0.25) is 4.79 Å². The number of hydrogen-bond acceptors (Lipinski definition) is 10. The number of imidazole rings is 1. The number of carbonyl (C=O) groups is 1. The number of hydrogen-bond donors (Lipinski definition) is 4. The Bertz CT molecular complexity index is 1350. The highest BCUT2D eigenvalue weighted by Crippen LogP contribution is 2.37. The van der Waals surface area contributed by atoms with Gasteiger partial charge in [0.2, 0.25) is 5.91 Å². The molecule has 5 heterocycles. The summed E-state index contributed by atoms with van der Waals surface area (Å²) in [5, 5.41) is 29.4. The number of rotatable bonds is 5. The molecule has 3 aliphatic rings. The molecule has 0 saturated carbocycles. The van der Waals surface area contributed by atoms with Gasteiger partial charge in [0.1, 0.15) is 17.6 Å². The van der Waals surface area contributed by atoms with Crippen LogP contribution in [0, 0.1) is 5.82 Å². The van der Waals surface area contributed by atoms with E-state index >= 15 is 4.39 Å². The number of aromatic nitrogens is 3. The summed E-state index contributed by atoms with van der Waals surface area (Å²) >= 11 is 1.26. The zero-order valence-corrected chi connectivity index (χ0v) is 22.2. The first-order chi connectivity index (χ1) is 18.2. The molecule has 2 bridgehead atoms. The quantitative estimate of drug-likeness (QED) is 0.383. The smallest absolute Gasteiger partial charge is 0.248 e. The minimum Gasteiger partial charge on any atom is -0.372 e. The molecule has 202 valence electrons. The molecule has 3 aromatic rings. The second-order valence-corrected chi connectivity index (χ2v) is 11.0. The summed E-state index contributed by atoms with van der Waals surface area (Å²) in [6.45, 7) is 3.45. The molecule has 0 aliphatic carbocycles. The van der Waals surface area contributed by atoms with E-state index in [9.17, 15) is 15.0 Å². The number of aliphatic hydroxyl groups is 2. The number of benzene rings is 1. The van der Waals surface area contributed by atoms with Crippen LogP contribution in [-0.4, -0.2) is 81.2 Å². The van der Waals surface area contributed by atoms with E-state index in [0.29, 0.717) is 45.7 Å². The lowest BCUT2D eigenvalue weighted by Crippen LogP contribution is -2.52. The Balaban J connectivity index is 1.17. The number of aliphatic hydroxyl groups excluding tert-OH is 2. The summed E-state index contributed by atoms with van der Waals surface area (Å²) in [6.07, 6.45) is 1.45. The molecule has 3 aliphatic heterocycles. The van der Waals surface area contributed by atoms with Gasteiger partial charge in [-0.05, 0) is 38.9 Å². The summed E-state index contributed by atoms with van der Waals surface area (Å²) < 4.78 is 16.8. The molecule has 1 aromatic carbocycles. The van der Waals surface area contributed by atoms with Gasteiger partial charge in [0.15, 0.2) is 23.5 Å². The Morgan fingerprint density at radius 1 is 1.24 bits per heavy atom. The highest BCUT2D eigenvalue weighted by Gasteiger charge is 2.39. The third-order valence-electron chi connectivity index (χ3n) is 7.92. The molecular formula is C25H31FN8O3S. The summed E-state index contributed by atoms with van der Waals surface area (Å²) in [5.41, 5.74) is 2.28. The number of fused-ring (bicyclic) bond motifs is 3. The number of thiazole rings is 1. The lowest BCUT2D eigenvalue weighted by atomic mass is 10.1. The predicted molar refractivity (Wildman–Crippen MR) is 142 cm³/mol. The molecule has 2 saturated heterocycles. The fourth-order valence-corrected chi connectivity index (χ4v) is 6.46. The third kappa shape index (κ3) is 4.05. The van der Waals surface area contributed by atoms with Crippen LogP contribution in [0.15, 0.2) is 29.9 Å².